The van der Waals surface area contributed by atoms with Gasteiger partial charge in [-0.3, -0.25) is 0 Å². The number of unbranched alkanes of at least 4 members (excludes halogenated alkanes) is 1. The first-order valence-corrected chi connectivity index (χ1v) is 7.29. The van der Waals surface area contributed by atoms with Crippen LogP contribution in [0.2, 0.25) is 0 Å². The van der Waals surface area contributed by atoms with E-state index in [2.05, 4.69) is 13.8 Å². The molecule has 0 saturated heterocycles. The quantitative estimate of drug-likeness (QED) is 0.583. The molecule has 98 valence electrons. The molecule has 5 nitrogen and oxygen atoms in total. The van der Waals surface area contributed by atoms with Crippen molar-refractivity contribution in [2.45, 2.75) is 26.7 Å². The molecule has 16 heavy (non-hydrogen) atoms. The van der Waals surface area contributed by atoms with Crippen LogP contribution < -0.4 is 5.14 Å². The van der Waals surface area contributed by atoms with Gasteiger partial charge in [-0.05, 0) is 18.8 Å². The number of ether oxygens (including phenoxy) is 2. The van der Waals surface area contributed by atoms with Crippen LogP contribution in [0, 0.1) is 5.92 Å². The topological polar surface area (TPSA) is 78.6 Å². The highest BCUT2D eigenvalue weighted by Gasteiger charge is 2.01. The normalized spacial score (nSPS) is 12.2. The van der Waals surface area contributed by atoms with Gasteiger partial charge in [-0.15, -0.1) is 0 Å². The van der Waals surface area contributed by atoms with Crippen molar-refractivity contribution >= 4 is 10.0 Å². The molecule has 0 fully saturated rings. The van der Waals surface area contributed by atoms with Gasteiger partial charge in [0.25, 0.3) is 0 Å². The SMILES string of the molecule is CC(C)COCCOCCCCS(N)(=O)=O. The molecule has 0 amide bonds. The Bertz CT molecular complexity index is 252. The van der Waals surface area contributed by atoms with Crippen molar-refractivity contribution in [3.63, 3.8) is 0 Å². The zero-order valence-electron chi connectivity index (χ0n) is 10.1. The van der Waals surface area contributed by atoms with Crippen molar-refractivity contribution in [2.75, 3.05) is 32.2 Å². The smallest absolute Gasteiger partial charge is 0.209 e. The summed E-state index contributed by atoms with van der Waals surface area (Å²) in [4.78, 5) is 0. The minimum absolute atomic E-state index is 0.0280. The Morgan fingerprint density at radius 1 is 1.06 bits per heavy atom. The van der Waals surface area contributed by atoms with Gasteiger partial charge in [0, 0.05) is 13.2 Å². The van der Waals surface area contributed by atoms with Crippen molar-refractivity contribution in [1.29, 1.82) is 0 Å². The lowest BCUT2D eigenvalue weighted by Crippen LogP contribution is -2.16. The average molecular weight is 253 g/mol. The van der Waals surface area contributed by atoms with E-state index < -0.39 is 10.0 Å². The van der Waals surface area contributed by atoms with Crippen molar-refractivity contribution in [1.82, 2.24) is 0 Å². The molecule has 0 heterocycles. The molecule has 0 aromatic heterocycles. The molecule has 0 saturated carbocycles. The second kappa shape index (κ2) is 8.92. The monoisotopic (exact) mass is 253 g/mol. The first kappa shape index (κ1) is 15.8. The Labute approximate surface area is 98.4 Å². The van der Waals surface area contributed by atoms with Crippen LogP contribution in [-0.2, 0) is 19.5 Å². The summed E-state index contributed by atoms with van der Waals surface area (Å²) >= 11 is 0. The fourth-order valence-electron chi connectivity index (χ4n) is 1.05. The molecule has 0 spiro atoms. The molecule has 0 aromatic carbocycles. The van der Waals surface area contributed by atoms with Crippen molar-refractivity contribution in [2.24, 2.45) is 11.1 Å². The van der Waals surface area contributed by atoms with Crippen LogP contribution in [0.3, 0.4) is 0 Å². The molecule has 6 heteroatoms. The fraction of sp³-hybridized carbons (Fsp3) is 1.00. The van der Waals surface area contributed by atoms with E-state index in [4.69, 9.17) is 14.6 Å². The van der Waals surface area contributed by atoms with Gasteiger partial charge in [0.2, 0.25) is 10.0 Å². The Balaban J connectivity index is 3.10. The molecule has 0 aliphatic carbocycles. The summed E-state index contributed by atoms with van der Waals surface area (Å²) in [5.74, 6) is 0.565. The van der Waals surface area contributed by atoms with E-state index in [1.807, 2.05) is 0 Å². The Morgan fingerprint density at radius 3 is 2.25 bits per heavy atom. The Morgan fingerprint density at radius 2 is 1.69 bits per heavy atom. The van der Waals surface area contributed by atoms with Crippen LogP contribution in [0.1, 0.15) is 26.7 Å². The zero-order valence-corrected chi connectivity index (χ0v) is 11.0. The van der Waals surface area contributed by atoms with Gasteiger partial charge in [-0.1, -0.05) is 13.8 Å². The Hall–Kier alpha value is -0.170. The predicted octanol–water partition coefficient (Wildman–Crippen LogP) is 0.744. The molecule has 0 aliphatic rings. The van der Waals surface area contributed by atoms with Crippen LogP contribution in [0.4, 0.5) is 0 Å². The van der Waals surface area contributed by atoms with Gasteiger partial charge in [-0.2, -0.15) is 0 Å². The van der Waals surface area contributed by atoms with Crippen LogP contribution >= 0.6 is 0 Å². The summed E-state index contributed by atoms with van der Waals surface area (Å²) in [6, 6.07) is 0. The van der Waals surface area contributed by atoms with Crippen LogP contribution in [0.15, 0.2) is 0 Å². The maximum atomic E-state index is 10.6. The van der Waals surface area contributed by atoms with Gasteiger partial charge in [0.05, 0.1) is 19.0 Å². The van der Waals surface area contributed by atoms with E-state index in [1.165, 1.54) is 0 Å². The average Bonchev–Trinajstić information content (AvgIpc) is 2.13. The molecular weight excluding hydrogens is 230 g/mol. The lowest BCUT2D eigenvalue weighted by Gasteiger charge is -2.07. The molecule has 0 rings (SSSR count). The van der Waals surface area contributed by atoms with E-state index >= 15 is 0 Å². The first-order chi connectivity index (χ1) is 7.42. The number of nitrogens with two attached hydrogens (primary N) is 1. The number of primary sulfonamides is 1. The maximum Gasteiger partial charge on any atom is 0.209 e. The third-order valence-electron chi connectivity index (χ3n) is 1.79. The predicted molar refractivity (Wildman–Crippen MR) is 63.7 cm³/mol. The van der Waals surface area contributed by atoms with Crippen LogP contribution in [-0.4, -0.2) is 40.6 Å². The van der Waals surface area contributed by atoms with Gasteiger partial charge < -0.3 is 9.47 Å². The summed E-state index contributed by atoms with van der Waals surface area (Å²) in [7, 11) is -3.32. The number of rotatable bonds is 10. The number of sulfonamides is 1. The van der Waals surface area contributed by atoms with Crippen molar-refractivity contribution in [3.8, 4) is 0 Å². The lowest BCUT2D eigenvalue weighted by molar-refractivity contribution is 0.0370. The fourth-order valence-corrected chi connectivity index (χ4v) is 1.65. The van der Waals surface area contributed by atoms with E-state index in [-0.39, 0.29) is 5.75 Å². The highest BCUT2D eigenvalue weighted by atomic mass is 32.2. The highest BCUT2D eigenvalue weighted by Crippen LogP contribution is 1.94. The summed E-state index contributed by atoms with van der Waals surface area (Å²) in [6.07, 6.45) is 1.26. The lowest BCUT2D eigenvalue weighted by atomic mass is 10.2. The van der Waals surface area contributed by atoms with Crippen LogP contribution in [0.5, 0.6) is 0 Å². The third kappa shape index (κ3) is 13.8. The number of hydrogen-bond acceptors (Lipinski definition) is 4. The summed E-state index contributed by atoms with van der Waals surface area (Å²) in [5.41, 5.74) is 0. The second-order valence-electron chi connectivity index (χ2n) is 4.16. The van der Waals surface area contributed by atoms with E-state index in [0.29, 0.717) is 38.6 Å². The molecular formula is C10H23NO4S. The Kier molecular flexibility index (Phi) is 8.83. The van der Waals surface area contributed by atoms with Gasteiger partial charge >= 0.3 is 0 Å². The zero-order chi connectivity index (χ0) is 12.4. The van der Waals surface area contributed by atoms with E-state index in [9.17, 15) is 8.42 Å². The first-order valence-electron chi connectivity index (χ1n) is 5.58. The minimum atomic E-state index is -3.32. The molecule has 2 N–H and O–H groups in total. The molecule has 0 radical (unpaired) electrons. The standard InChI is InChI=1S/C10H23NO4S/c1-10(2)9-15-7-6-14-5-3-4-8-16(11,12)13/h10H,3-9H2,1-2H3,(H2,11,12,13). The molecule has 0 aromatic rings. The van der Waals surface area contributed by atoms with E-state index in [0.717, 1.165) is 6.61 Å². The highest BCUT2D eigenvalue weighted by molar-refractivity contribution is 7.89. The number of hydrogen-bond donors (Lipinski definition) is 1. The molecule has 0 unspecified atom stereocenters. The molecule has 0 atom stereocenters. The van der Waals surface area contributed by atoms with Crippen LogP contribution in [0.25, 0.3) is 0 Å². The summed E-state index contributed by atoms with van der Waals surface area (Å²) < 4.78 is 31.8. The van der Waals surface area contributed by atoms with Crippen molar-refractivity contribution in [3.05, 3.63) is 0 Å². The van der Waals surface area contributed by atoms with Gasteiger partial charge in [0.1, 0.15) is 0 Å². The van der Waals surface area contributed by atoms with Gasteiger partial charge in [-0.25, -0.2) is 13.6 Å². The van der Waals surface area contributed by atoms with Crippen molar-refractivity contribution < 1.29 is 17.9 Å². The van der Waals surface area contributed by atoms with Gasteiger partial charge in [0.15, 0.2) is 0 Å². The molecule has 0 bridgehead atoms. The molecule has 0 aliphatic heterocycles. The second-order valence-corrected chi connectivity index (χ2v) is 5.89. The largest absolute Gasteiger partial charge is 0.379 e. The summed E-state index contributed by atoms with van der Waals surface area (Å²) in [5, 5.41) is 4.86. The third-order valence-corrected chi connectivity index (χ3v) is 2.65. The summed E-state index contributed by atoms with van der Waals surface area (Å²) in [6.45, 7) is 6.63. The van der Waals surface area contributed by atoms with E-state index in [1.54, 1.807) is 0 Å². The minimum Gasteiger partial charge on any atom is -0.379 e. The maximum absolute atomic E-state index is 10.6.